The molecule has 0 radical (unpaired) electrons. The van der Waals surface area contributed by atoms with Gasteiger partial charge in [0, 0.05) is 12.1 Å². The van der Waals surface area contributed by atoms with Crippen LogP contribution >= 0.6 is 23.4 Å². The van der Waals surface area contributed by atoms with E-state index in [0.717, 1.165) is 11.8 Å². The van der Waals surface area contributed by atoms with Gasteiger partial charge in [-0.3, -0.25) is 9.32 Å². The summed E-state index contributed by atoms with van der Waals surface area (Å²) in [6.07, 6.45) is 0.409. The molecule has 0 aliphatic heterocycles. The minimum atomic E-state index is -1.13. The number of carbonyl (C=O) groups excluding carboxylic acids is 1. The number of carboxylic acids is 1. The van der Waals surface area contributed by atoms with Crippen LogP contribution in [0.15, 0.2) is 62.9 Å². The lowest BCUT2D eigenvalue weighted by atomic mass is 10.2. The van der Waals surface area contributed by atoms with E-state index in [9.17, 15) is 14.4 Å². The minimum absolute atomic E-state index is 0.00130. The number of nitrogens with one attached hydrogen (secondary N) is 2. The topological polar surface area (TPSA) is 116 Å². The van der Waals surface area contributed by atoms with Crippen molar-refractivity contribution in [3.63, 3.8) is 0 Å². The number of amides is 1. The molecule has 1 unspecified atom stereocenters. The van der Waals surface area contributed by atoms with E-state index in [4.69, 9.17) is 21.2 Å². The number of aromatic amines is 1. The molecule has 0 aliphatic rings. The van der Waals surface area contributed by atoms with Gasteiger partial charge in [-0.05, 0) is 46.3 Å². The Balaban J connectivity index is 1.84. The van der Waals surface area contributed by atoms with Crippen molar-refractivity contribution in [2.24, 2.45) is 0 Å². The molecule has 0 aliphatic carbocycles. The standard InChI is InChI=1S/C19H16ClN3O5S/c1-2-15(16(24)21-14-10-11(18(25)26)8-9-13(14)20)29-17-19(27)28-22-23(17)12-6-4-3-5-7-12/h3-10,15H,2H2,1H3,(H2-,21,22,24,25,26,27)/p+1. The Bertz CT molecular complexity index is 1100. The van der Waals surface area contributed by atoms with E-state index in [1.165, 1.54) is 22.9 Å². The highest BCUT2D eigenvalue weighted by Crippen LogP contribution is 2.26. The van der Waals surface area contributed by atoms with E-state index >= 15 is 0 Å². The Labute approximate surface area is 174 Å². The van der Waals surface area contributed by atoms with E-state index in [0.29, 0.717) is 12.1 Å². The largest absolute Gasteiger partial charge is 0.478 e. The van der Waals surface area contributed by atoms with Crippen LogP contribution in [0, 0.1) is 0 Å². The van der Waals surface area contributed by atoms with Crippen LogP contribution in [-0.4, -0.2) is 27.5 Å². The van der Waals surface area contributed by atoms with Gasteiger partial charge in [-0.1, -0.05) is 36.7 Å². The molecular formula is C19H17ClN3O5S+. The second-order valence-electron chi connectivity index (χ2n) is 5.96. The molecule has 0 saturated carbocycles. The van der Waals surface area contributed by atoms with Gasteiger partial charge >= 0.3 is 16.6 Å². The molecule has 3 rings (SSSR count). The van der Waals surface area contributed by atoms with E-state index in [1.807, 2.05) is 18.2 Å². The molecule has 8 nitrogen and oxygen atoms in total. The molecule has 1 atom stereocenters. The van der Waals surface area contributed by atoms with E-state index in [1.54, 1.807) is 19.1 Å². The third kappa shape index (κ3) is 4.69. The Morgan fingerprint density at radius 1 is 1.28 bits per heavy atom. The molecule has 2 aromatic carbocycles. The highest BCUT2D eigenvalue weighted by atomic mass is 35.5. The third-order valence-corrected chi connectivity index (χ3v) is 5.74. The fraction of sp³-hybridized carbons (Fsp3) is 0.158. The number of aromatic carboxylic acids is 1. The molecule has 1 aromatic heterocycles. The number of carbonyl (C=O) groups is 2. The molecule has 0 saturated heterocycles. The monoisotopic (exact) mass is 434 g/mol. The average Bonchev–Trinajstić information content (AvgIpc) is 3.08. The maximum absolute atomic E-state index is 12.8. The van der Waals surface area contributed by atoms with Crippen LogP contribution in [0.3, 0.4) is 0 Å². The number of hydrogen-bond donors (Lipinski definition) is 3. The summed E-state index contributed by atoms with van der Waals surface area (Å²) in [5, 5.41) is 14.1. The summed E-state index contributed by atoms with van der Waals surface area (Å²) in [7, 11) is 0. The van der Waals surface area contributed by atoms with Crippen molar-refractivity contribution in [3.8, 4) is 5.69 Å². The number of benzene rings is 2. The fourth-order valence-corrected chi connectivity index (χ4v) is 3.69. The lowest BCUT2D eigenvalue weighted by molar-refractivity contribution is -0.704. The molecule has 29 heavy (non-hydrogen) atoms. The summed E-state index contributed by atoms with van der Waals surface area (Å²) in [5.41, 5.74) is 0.260. The highest BCUT2D eigenvalue weighted by Gasteiger charge is 2.30. The van der Waals surface area contributed by atoms with Crippen molar-refractivity contribution in [1.29, 1.82) is 0 Å². The zero-order chi connectivity index (χ0) is 21.0. The van der Waals surface area contributed by atoms with Crippen LogP contribution in [0.4, 0.5) is 5.69 Å². The summed E-state index contributed by atoms with van der Waals surface area (Å²) in [6, 6.07) is 13.1. The number of anilines is 1. The molecule has 10 heteroatoms. The van der Waals surface area contributed by atoms with Gasteiger partial charge in [-0.2, -0.15) is 0 Å². The summed E-state index contributed by atoms with van der Waals surface area (Å²) >= 11 is 7.12. The van der Waals surface area contributed by atoms with Gasteiger partial charge in [0.2, 0.25) is 11.6 Å². The Morgan fingerprint density at radius 3 is 2.66 bits per heavy atom. The van der Waals surface area contributed by atoms with Crippen LogP contribution in [-0.2, 0) is 4.79 Å². The predicted octanol–water partition coefficient (Wildman–Crippen LogP) is 3.11. The van der Waals surface area contributed by atoms with E-state index < -0.39 is 22.8 Å². The maximum Gasteiger partial charge on any atom is 0.442 e. The first-order valence-electron chi connectivity index (χ1n) is 8.60. The van der Waals surface area contributed by atoms with Gasteiger partial charge in [0.15, 0.2) is 0 Å². The van der Waals surface area contributed by atoms with Gasteiger partial charge in [0.05, 0.1) is 21.5 Å². The molecule has 0 spiro atoms. The van der Waals surface area contributed by atoms with Gasteiger partial charge in [-0.25, -0.2) is 9.59 Å². The first-order valence-corrected chi connectivity index (χ1v) is 9.85. The van der Waals surface area contributed by atoms with Crippen LogP contribution in [0.1, 0.15) is 23.7 Å². The predicted molar refractivity (Wildman–Crippen MR) is 108 cm³/mol. The number of carboxylic acid groups (broad SMARTS) is 1. The number of rotatable bonds is 7. The summed E-state index contributed by atoms with van der Waals surface area (Å²) < 4.78 is 6.36. The van der Waals surface area contributed by atoms with Gasteiger partial charge in [0.25, 0.3) is 0 Å². The number of nitrogens with zero attached hydrogens (tertiary/aromatic N) is 1. The van der Waals surface area contributed by atoms with E-state index in [-0.39, 0.29) is 21.3 Å². The second kappa shape index (κ2) is 8.97. The molecular weight excluding hydrogens is 418 g/mol. The number of aromatic nitrogens is 2. The van der Waals surface area contributed by atoms with Gasteiger partial charge < -0.3 is 10.4 Å². The zero-order valence-corrected chi connectivity index (χ0v) is 16.8. The summed E-state index contributed by atoms with van der Waals surface area (Å²) in [5.74, 6) is -1.55. The van der Waals surface area contributed by atoms with Crippen molar-refractivity contribution < 1.29 is 23.9 Å². The van der Waals surface area contributed by atoms with Crippen molar-refractivity contribution in [2.45, 2.75) is 23.6 Å². The lowest BCUT2D eigenvalue weighted by Crippen LogP contribution is -2.37. The highest BCUT2D eigenvalue weighted by molar-refractivity contribution is 8.00. The molecule has 1 amide bonds. The maximum atomic E-state index is 12.8. The Hall–Kier alpha value is -3.04. The van der Waals surface area contributed by atoms with Crippen LogP contribution in [0.2, 0.25) is 5.02 Å². The SMILES string of the molecule is CCC(Sc1c(=O)o[nH][n+]1-c1ccccc1)C(=O)Nc1cc(C(=O)O)ccc1Cl. The number of para-hydroxylation sites is 1. The summed E-state index contributed by atoms with van der Waals surface area (Å²) in [6.45, 7) is 1.80. The van der Waals surface area contributed by atoms with Crippen LogP contribution < -0.4 is 15.6 Å². The van der Waals surface area contributed by atoms with Crippen molar-refractivity contribution in [2.75, 3.05) is 5.32 Å². The van der Waals surface area contributed by atoms with Crippen LogP contribution in [0.5, 0.6) is 0 Å². The molecule has 1 heterocycles. The number of halogens is 1. The first kappa shape index (κ1) is 20.7. The van der Waals surface area contributed by atoms with Gasteiger partial charge in [-0.15, -0.1) is 0 Å². The quantitative estimate of drug-likeness (QED) is 0.388. The molecule has 3 aromatic rings. The number of thioether (sulfide) groups is 1. The van der Waals surface area contributed by atoms with Crippen molar-refractivity contribution in [1.82, 2.24) is 5.27 Å². The molecule has 0 bridgehead atoms. The third-order valence-electron chi connectivity index (χ3n) is 4.01. The van der Waals surface area contributed by atoms with Gasteiger partial charge in [0.1, 0.15) is 0 Å². The average molecular weight is 435 g/mol. The second-order valence-corrected chi connectivity index (χ2v) is 7.56. The molecule has 0 fully saturated rings. The van der Waals surface area contributed by atoms with E-state index in [2.05, 4.69) is 10.6 Å². The smallest absolute Gasteiger partial charge is 0.442 e. The zero-order valence-electron chi connectivity index (χ0n) is 15.2. The fourth-order valence-electron chi connectivity index (χ4n) is 2.54. The Kier molecular flexibility index (Phi) is 6.40. The summed E-state index contributed by atoms with van der Waals surface area (Å²) in [4.78, 5) is 36.1. The molecule has 150 valence electrons. The van der Waals surface area contributed by atoms with Crippen molar-refractivity contribution >= 4 is 40.9 Å². The van der Waals surface area contributed by atoms with Crippen molar-refractivity contribution in [3.05, 3.63) is 69.5 Å². The van der Waals surface area contributed by atoms with Crippen LogP contribution in [0.25, 0.3) is 5.69 Å². The number of H-pyrrole nitrogens is 1. The molecule has 3 N–H and O–H groups in total. The first-order chi connectivity index (χ1) is 13.9. The normalized spacial score (nSPS) is 11.8. The lowest BCUT2D eigenvalue weighted by Gasteiger charge is -2.13. The number of hydrogen-bond acceptors (Lipinski definition) is 5. The Morgan fingerprint density at radius 2 is 2.00 bits per heavy atom. The minimum Gasteiger partial charge on any atom is -0.478 e.